The highest BCUT2D eigenvalue weighted by molar-refractivity contribution is 6.31. The number of aldehydes is 1. The Hall–Kier alpha value is -0.930. The summed E-state index contributed by atoms with van der Waals surface area (Å²) in [6, 6.07) is 2.72. The topological polar surface area (TPSA) is 42.0 Å². The minimum absolute atomic E-state index is 0.597. The predicted octanol–water partition coefficient (Wildman–Crippen LogP) is 2.51. The molecule has 1 fully saturated rings. The van der Waals surface area contributed by atoms with Crippen molar-refractivity contribution < 1.29 is 4.79 Å². The van der Waals surface area contributed by atoms with Gasteiger partial charge in [-0.05, 0) is 37.3 Å². The number of hydrogen-bond donors (Lipinski definition) is 1. The van der Waals surface area contributed by atoms with Gasteiger partial charge in [0.1, 0.15) is 6.29 Å². The maximum Gasteiger partial charge on any atom is 0.120 e. The molecule has 0 saturated heterocycles. The quantitative estimate of drug-likeness (QED) is 0.599. The SMILES string of the molecule is O=CCCCc1cc(CNC2CC2)c(Cl)cn1. The van der Waals surface area contributed by atoms with Crippen molar-refractivity contribution in [1.82, 2.24) is 10.3 Å². The third-order valence-electron chi connectivity index (χ3n) is 2.90. The van der Waals surface area contributed by atoms with Crippen molar-refractivity contribution in [1.29, 1.82) is 0 Å². The van der Waals surface area contributed by atoms with Crippen molar-refractivity contribution in [3.63, 3.8) is 0 Å². The van der Waals surface area contributed by atoms with Crippen molar-refractivity contribution in [3.05, 3.63) is 28.5 Å². The molecule has 0 bridgehead atoms. The Morgan fingerprint density at radius 3 is 3.06 bits per heavy atom. The number of nitrogens with zero attached hydrogens (tertiary/aromatic N) is 1. The maximum atomic E-state index is 10.2. The van der Waals surface area contributed by atoms with Crippen LogP contribution in [0.3, 0.4) is 0 Å². The summed E-state index contributed by atoms with van der Waals surface area (Å²) < 4.78 is 0. The number of halogens is 1. The van der Waals surface area contributed by atoms with Crippen molar-refractivity contribution in [2.75, 3.05) is 0 Å². The molecule has 17 heavy (non-hydrogen) atoms. The molecule has 0 aliphatic heterocycles. The Morgan fingerprint density at radius 1 is 1.53 bits per heavy atom. The number of rotatable bonds is 7. The summed E-state index contributed by atoms with van der Waals surface area (Å²) in [5.41, 5.74) is 2.12. The molecule has 1 aliphatic carbocycles. The first-order valence-corrected chi connectivity index (χ1v) is 6.47. The minimum atomic E-state index is 0.597. The molecule has 0 amide bonds. The molecule has 0 radical (unpaired) electrons. The minimum Gasteiger partial charge on any atom is -0.310 e. The van der Waals surface area contributed by atoms with Gasteiger partial charge >= 0.3 is 0 Å². The second-order valence-electron chi connectivity index (χ2n) is 4.48. The van der Waals surface area contributed by atoms with Gasteiger partial charge in [0.2, 0.25) is 0 Å². The Morgan fingerprint density at radius 2 is 2.35 bits per heavy atom. The normalized spacial score (nSPS) is 14.9. The highest BCUT2D eigenvalue weighted by atomic mass is 35.5. The second kappa shape index (κ2) is 6.12. The van der Waals surface area contributed by atoms with Gasteiger partial charge in [-0.15, -0.1) is 0 Å². The highest BCUT2D eigenvalue weighted by Crippen LogP contribution is 2.21. The highest BCUT2D eigenvalue weighted by Gasteiger charge is 2.20. The molecule has 0 spiro atoms. The molecule has 1 N–H and O–H groups in total. The van der Waals surface area contributed by atoms with Crippen LogP contribution in [0.1, 0.15) is 36.9 Å². The molecule has 92 valence electrons. The van der Waals surface area contributed by atoms with Gasteiger partial charge in [0.05, 0.1) is 5.02 Å². The van der Waals surface area contributed by atoms with Gasteiger partial charge in [-0.3, -0.25) is 4.98 Å². The summed E-state index contributed by atoms with van der Waals surface area (Å²) in [5.74, 6) is 0. The van der Waals surface area contributed by atoms with Gasteiger partial charge in [-0.25, -0.2) is 0 Å². The van der Waals surface area contributed by atoms with E-state index < -0.39 is 0 Å². The van der Waals surface area contributed by atoms with Crippen molar-refractivity contribution in [3.8, 4) is 0 Å². The standard InChI is InChI=1S/C13H17ClN2O/c14-13-9-16-12(3-1-2-6-17)7-10(13)8-15-11-4-5-11/h6-7,9,11,15H,1-5,8H2. The largest absolute Gasteiger partial charge is 0.310 e. The van der Waals surface area contributed by atoms with Crippen LogP contribution in [-0.2, 0) is 17.8 Å². The van der Waals surface area contributed by atoms with Crippen LogP contribution in [0.5, 0.6) is 0 Å². The van der Waals surface area contributed by atoms with E-state index in [1.54, 1.807) is 6.20 Å². The second-order valence-corrected chi connectivity index (χ2v) is 4.89. The van der Waals surface area contributed by atoms with E-state index >= 15 is 0 Å². The lowest BCUT2D eigenvalue weighted by atomic mass is 10.1. The van der Waals surface area contributed by atoms with Crippen LogP contribution in [0, 0.1) is 0 Å². The third-order valence-corrected chi connectivity index (χ3v) is 3.25. The maximum absolute atomic E-state index is 10.2. The lowest BCUT2D eigenvalue weighted by molar-refractivity contribution is -0.107. The number of nitrogens with one attached hydrogen (secondary N) is 1. The number of unbranched alkanes of at least 4 members (excludes halogenated alkanes) is 1. The molecule has 1 heterocycles. The number of carbonyl (C=O) groups is 1. The number of aryl methyl sites for hydroxylation is 1. The zero-order valence-electron chi connectivity index (χ0n) is 9.79. The monoisotopic (exact) mass is 252 g/mol. The third kappa shape index (κ3) is 4.10. The van der Waals surface area contributed by atoms with Gasteiger partial charge in [0.15, 0.2) is 0 Å². The number of carbonyl (C=O) groups excluding carboxylic acids is 1. The summed E-state index contributed by atoms with van der Waals surface area (Å²) in [6.45, 7) is 0.812. The predicted molar refractivity (Wildman–Crippen MR) is 68.1 cm³/mol. The fourth-order valence-corrected chi connectivity index (χ4v) is 1.88. The molecule has 2 rings (SSSR count). The van der Waals surface area contributed by atoms with Crippen molar-refractivity contribution in [2.45, 2.75) is 44.7 Å². The van der Waals surface area contributed by atoms with Crippen LogP contribution in [0.2, 0.25) is 5.02 Å². The Bertz CT molecular complexity index is 391. The first kappa shape index (κ1) is 12.5. The van der Waals surface area contributed by atoms with E-state index in [9.17, 15) is 4.79 Å². The zero-order valence-corrected chi connectivity index (χ0v) is 10.5. The summed E-state index contributed by atoms with van der Waals surface area (Å²) in [5, 5.41) is 4.16. The van der Waals surface area contributed by atoms with Crippen LogP contribution in [-0.4, -0.2) is 17.3 Å². The number of aromatic nitrogens is 1. The van der Waals surface area contributed by atoms with E-state index in [2.05, 4.69) is 10.3 Å². The van der Waals surface area contributed by atoms with Crippen molar-refractivity contribution in [2.24, 2.45) is 0 Å². The van der Waals surface area contributed by atoms with E-state index in [1.165, 1.54) is 12.8 Å². The lowest BCUT2D eigenvalue weighted by Crippen LogP contribution is -2.15. The lowest BCUT2D eigenvalue weighted by Gasteiger charge is -2.07. The van der Waals surface area contributed by atoms with Gasteiger partial charge in [0.25, 0.3) is 0 Å². The molecule has 0 atom stereocenters. The van der Waals surface area contributed by atoms with Crippen LogP contribution in [0.25, 0.3) is 0 Å². The Kier molecular flexibility index (Phi) is 4.51. The molecule has 1 aromatic rings. The molecule has 3 nitrogen and oxygen atoms in total. The van der Waals surface area contributed by atoms with E-state index in [-0.39, 0.29) is 0 Å². The van der Waals surface area contributed by atoms with Crippen LogP contribution in [0.15, 0.2) is 12.3 Å². The van der Waals surface area contributed by atoms with E-state index in [0.717, 1.165) is 42.0 Å². The summed E-state index contributed by atoms with van der Waals surface area (Å²) >= 11 is 6.10. The average Bonchev–Trinajstić information content (AvgIpc) is 3.14. The summed E-state index contributed by atoms with van der Waals surface area (Å²) in [7, 11) is 0. The molecule has 1 aliphatic rings. The fourth-order valence-electron chi connectivity index (χ4n) is 1.71. The first-order chi connectivity index (χ1) is 8.29. The van der Waals surface area contributed by atoms with Gasteiger partial charge in [-0.2, -0.15) is 0 Å². The van der Waals surface area contributed by atoms with Crippen LogP contribution < -0.4 is 5.32 Å². The number of hydrogen-bond acceptors (Lipinski definition) is 3. The van der Waals surface area contributed by atoms with E-state index in [0.29, 0.717) is 12.5 Å². The van der Waals surface area contributed by atoms with Gasteiger partial charge in [-0.1, -0.05) is 11.6 Å². The van der Waals surface area contributed by atoms with E-state index in [1.807, 2.05) is 6.07 Å². The Balaban J connectivity index is 1.92. The van der Waals surface area contributed by atoms with Gasteiger partial charge in [0, 0.05) is 30.9 Å². The van der Waals surface area contributed by atoms with Crippen LogP contribution >= 0.6 is 11.6 Å². The smallest absolute Gasteiger partial charge is 0.120 e. The molecular formula is C13H17ClN2O. The molecular weight excluding hydrogens is 236 g/mol. The van der Waals surface area contributed by atoms with Gasteiger partial charge < -0.3 is 10.1 Å². The number of pyridine rings is 1. The van der Waals surface area contributed by atoms with Crippen LogP contribution in [0.4, 0.5) is 0 Å². The molecule has 1 saturated carbocycles. The first-order valence-electron chi connectivity index (χ1n) is 6.10. The zero-order chi connectivity index (χ0) is 12.1. The average molecular weight is 253 g/mol. The Labute approximate surface area is 107 Å². The summed E-state index contributed by atoms with van der Waals surface area (Å²) in [6.07, 6.45) is 7.50. The van der Waals surface area contributed by atoms with E-state index in [4.69, 9.17) is 11.6 Å². The molecule has 1 aromatic heterocycles. The molecule has 0 aromatic carbocycles. The molecule has 0 unspecified atom stereocenters. The van der Waals surface area contributed by atoms with Crippen molar-refractivity contribution >= 4 is 17.9 Å². The fraction of sp³-hybridized carbons (Fsp3) is 0.538. The summed E-state index contributed by atoms with van der Waals surface area (Å²) in [4.78, 5) is 14.5. The molecule has 4 heteroatoms.